The molecule has 0 saturated heterocycles. The molecule has 0 spiro atoms. The Morgan fingerprint density at radius 3 is 2.75 bits per heavy atom. The van der Waals surface area contributed by atoms with Gasteiger partial charge in [-0.1, -0.05) is 6.92 Å². The molecule has 1 aliphatic carbocycles. The second-order valence-electron chi connectivity index (χ2n) is 6.85. The lowest BCUT2D eigenvalue weighted by atomic mass is 10.3. The van der Waals surface area contributed by atoms with Gasteiger partial charge in [0, 0.05) is 17.8 Å². The Hall–Kier alpha value is -1.85. The third kappa shape index (κ3) is 3.32. The van der Waals surface area contributed by atoms with Crippen LogP contribution in [0.2, 0.25) is 0 Å². The van der Waals surface area contributed by atoms with Gasteiger partial charge >= 0.3 is 0 Å². The van der Waals surface area contributed by atoms with E-state index in [9.17, 15) is 0 Å². The fourth-order valence-electron chi connectivity index (χ4n) is 3.04. The Morgan fingerprint density at radius 2 is 2.04 bits per heavy atom. The minimum atomic E-state index is 0.641. The van der Waals surface area contributed by atoms with Crippen molar-refractivity contribution in [3.8, 4) is 10.8 Å². The summed E-state index contributed by atoms with van der Waals surface area (Å²) in [6.07, 6.45) is 1.26. The second-order valence-corrected chi connectivity index (χ2v) is 7.71. The van der Waals surface area contributed by atoms with Crippen molar-refractivity contribution < 1.29 is 8.83 Å². The quantitative estimate of drug-likeness (QED) is 0.628. The van der Waals surface area contributed by atoms with Crippen LogP contribution in [0.4, 0.5) is 0 Å². The number of aryl methyl sites for hydroxylation is 1. The molecule has 1 saturated carbocycles. The standard InChI is InChI=1S/C19H22N2O2S/c1-12-8-16(12)17-7-5-15(23-17)10-21(3)9-14-11-24-19(20-14)18-6-4-13(2)22-18/h4-7,11-12,16H,8-10H2,1-3H3/t12-,16+/m1/s1. The molecule has 4 rings (SSSR count). The van der Waals surface area contributed by atoms with Gasteiger partial charge in [0.25, 0.3) is 0 Å². The van der Waals surface area contributed by atoms with E-state index in [0.29, 0.717) is 5.92 Å². The Bertz CT molecular complexity index is 832. The highest BCUT2D eigenvalue weighted by atomic mass is 32.1. The second kappa shape index (κ2) is 6.22. The Labute approximate surface area is 146 Å². The number of furan rings is 2. The molecule has 3 aromatic heterocycles. The first kappa shape index (κ1) is 15.7. The molecular weight excluding hydrogens is 320 g/mol. The molecule has 3 heterocycles. The smallest absolute Gasteiger partial charge is 0.162 e. The molecule has 0 amide bonds. The number of thiazole rings is 1. The van der Waals surface area contributed by atoms with E-state index < -0.39 is 0 Å². The third-order valence-corrected chi connectivity index (χ3v) is 5.42. The van der Waals surface area contributed by atoms with Gasteiger partial charge in [-0.25, -0.2) is 4.98 Å². The zero-order valence-corrected chi connectivity index (χ0v) is 15.1. The molecule has 1 aliphatic rings. The first-order chi connectivity index (χ1) is 11.6. The molecule has 1 fully saturated rings. The van der Waals surface area contributed by atoms with Crippen LogP contribution in [0, 0.1) is 12.8 Å². The van der Waals surface area contributed by atoms with E-state index in [0.717, 1.165) is 52.7 Å². The lowest BCUT2D eigenvalue weighted by Gasteiger charge is -2.13. The van der Waals surface area contributed by atoms with Crippen LogP contribution in [0.5, 0.6) is 0 Å². The predicted octanol–water partition coefficient (Wildman–Crippen LogP) is 5.06. The molecule has 2 atom stereocenters. The van der Waals surface area contributed by atoms with E-state index in [2.05, 4.69) is 41.4 Å². The normalized spacial score (nSPS) is 20.0. The highest BCUT2D eigenvalue weighted by molar-refractivity contribution is 7.13. The number of hydrogen-bond acceptors (Lipinski definition) is 5. The van der Waals surface area contributed by atoms with Gasteiger partial charge in [-0.2, -0.15) is 0 Å². The van der Waals surface area contributed by atoms with E-state index in [1.165, 1.54) is 6.42 Å². The molecule has 0 bridgehead atoms. The number of nitrogens with zero attached hydrogens (tertiary/aromatic N) is 2. The maximum absolute atomic E-state index is 5.99. The maximum atomic E-state index is 5.99. The average molecular weight is 342 g/mol. The first-order valence-electron chi connectivity index (χ1n) is 8.37. The van der Waals surface area contributed by atoms with Crippen molar-refractivity contribution in [2.75, 3.05) is 7.05 Å². The van der Waals surface area contributed by atoms with Gasteiger partial charge in [0.15, 0.2) is 10.8 Å². The third-order valence-electron chi connectivity index (χ3n) is 4.52. The molecule has 4 nitrogen and oxygen atoms in total. The molecule has 0 aliphatic heterocycles. The SMILES string of the molecule is Cc1ccc(-c2nc(CN(C)Cc3ccc([C@H]4C[C@H]4C)o3)cs2)o1. The number of rotatable bonds is 6. The van der Waals surface area contributed by atoms with Crippen LogP contribution in [0.1, 0.15) is 42.2 Å². The average Bonchev–Trinajstić information content (AvgIpc) is 2.97. The molecule has 24 heavy (non-hydrogen) atoms. The summed E-state index contributed by atoms with van der Waals surface area (Å²) in [4.78, 5) is 6.91. The van der Waals surface area contributed by atoms with Crippen LogP contribution in [-0.2, 0) is 13.1 Å². The van der Waals surface area contributed by atoms with Crippen molar-refractivity contribution in [2.24, 2.45) is 5.92 Å². The van der Waals surface area contributed by atoms with Crippen LogP contribution in [0.3, 0.4) is 0 Å². The van der Waals surface area contributed by atoms with Gasteiger partial charge in [0.1, 0.15) is 17.3 Å². The summed E-state index contributed by atoms with van der Waals surface area (Å²) in [7, 11) is 2.10. The summed E-state index contributed by atoms with van der Waals surface area (Å²) in [5.41, 5.74) is 1.06. The van der Waals surface area contributed by atoms with Crippen LogP contribution in [0.25, 0.3) is 10.8 Å². The summed E-state index contributed by atoms with van der Waals surface area (Å²) < 4.78 is 11.6. The molecule has 0 aromatic carbocycles. The summed E-state index contributed by atoms with van der Waals surface area (Å²) >= 11 is 1.63. The van der Waals surface area contributed by atoms with Gasteiger partial charge in [0.2, 0.25) is 0 Å². The zero-order chi connectivity index (χ0) is 16.7. The Morgan fingerprint density at radius 1 is 1.21 bits per heavy atom. The molecule has 0 N–H and O–H groups in total. The van der Waals surface area contributed by atoms with E-state index in [1.807, 2.05) is 19.1 Å². The van der Waals surface area contributed by atoms with Crippen molar-refractivity contribution in [2.45, 2.75) is 39.3 Å². The maximum Gasteiger partial charge on any atom is 0.162 e. The molecule has 0 unspecified atom stereocenters. The summed E-state index contributed by atoms with van der Waals surface area (Å²) in [6.45, 7) is 5.82. The van der Waals surface area contributed by atoms with Gasteiger partial charge in [-0.15, -0.1) is 11.3 Å². The van der Waals surface area contributed by atoms with E-state index in [4.69, 9.17) is 8.83 Å². The highest BCUT2D eigenvalue weighted by Gasteiger charge is 2.36. The fourth-order valence-corrected chi connectivity index (χ4v) is 3.81. The van der Waals surface area contributed by atoms with Crippen LogP contribution in [-0.4, -0.2) is 16.9 Å². The largest absolute Gasteiger partial charge is 0.464 e. The van der Waals surface area contributed by atoms with Crippen LogP contribution < -0.4 is 0 Å². The monoisotopic (exact) mass is 342 g/mol. The van der Waals surface area contributed by atoms with Gasteiger partial charge in [0.05, 0.1) is 12.2 Å². The predicted molar refractivity (Wildman–Crippen MR) is 95.0 cm³/mol. The van der Waals surface area contributed by atoms with E-state index >= 15 is 0 Å². The van der Waals surface area contributed by atoms with Gasteiger partial charge < -0.3 is 8.83 Å². The van der Waals surface area contributed by atoms with Crippen LogP contribution >= 0.6 is 11.3 Å². The van der Waals surface area contributed by atoms with Crippen molar-refractivity contribution in [3.63, 3.8) is 0 Å². The summed E-state index contributed by atoms with van der Waals surface area (Å²) in [5.74, 6) is 5.36. The van der Waals surface area contributed by atoms with Crippen molar-refractivity contribution in [1.82, 2.24) is 9.88 Å². The summed E-state index contributed by atoms with van der Waals surface area (Å²) in [6, 6.07) is 8.19. The first-order valence-corrected chi connectivity index (χ1v) is 9.25. The summed E-state index contributed by atoms with van der Waals surface area (Å²) in [5, 5.41) is 3.04. The van der Waals surface area contributed by atoms with Crippen LogP contribution in [0.15, 0.2) is 38.5 Å². The lowest BCUT2D eigenvalue weighted by molar-refractivity contribution is 0.281. The Kier molecular flexibility index (Phi) is 4.06. The number of aromatic nitrogens is 1. The minimum absolute atomic E-state index is 0.641. The van der Waals surface area contributed by atoms with Crippen molar-refractivity contribution >= 4 is 11.3 Å². The van der Waals surface area contributed by atoms with E-state index in [1.54, 1.807) is 11.3 Å². The molecule has 126 valence electrons. The minimum Gasteiger partial charge on any atom is -0.464 e. The molecule has 3 aromatic rings. The lowest BCUT2D eigenvalue weighted by Crippen LogP contribution is -2.17. The molecule has 0 radical (unpaired) electrons. The van der Waals surface area contributed by atoms with Gasteiger partial charge in [-0.05, 0) is 50.6 Å². The van der Waals surface area contributed by atoms with Crippen molar-refractivity contribution in [3.05, 3.63) is 52.6 Å². The van der Waals surface area contributed by atoms with Crippen molar-refractivity contribution in [1.29, 1.82) is 0 Å². The highest BCUT2D eigenvalue weighted by Crippen LogP contribution is 2.47. The number of hydrogen-bond donors (Lipinski definition) is 0. The molecular formula is C19H22N2O2S. The van der Waals surface area contributed by atoms with Gasteiger partial charge in [-0.3, -0.25) is 4.90 Å². The topological polar surface area (TPSA) is 42.4 Å². The van der Waals surface area contributed by atoms with E-state index in [-0.39, 0.29) is 0 Å². The zero-order valence-electron chi connectivity index (χ0n) is 14.3. The molecule has 5 heteroatoms. The Balaban J connectivity index is 1.36. The fraction of sp³-hybridized carbons (Fsp3) is 0.421.